The molecule has 0 radical (unpaired) electrons. The fourth-order valence-electron chi connectivity index (χ4n) is 1.21. The molecule has 0 fully saturated rings. The van der Waals surface area contributed by atoms with Crippen LogP contribution in [0.5, 0.6) is 0 Å². The van der Waals surface area contributed by atoms with Crippen LogP contribution in [0, 0.1) is 6.92 Å². The SMILES string of the molecule is Cc1cc(NC(=O)NN(C)C)c(C(=O)O)[nH]1. The van der Waals surface area contributed by atoms with E-state index in [9.17, 15) is 9.59 Å². The highest BCUT2D eigenvalue weighted by atomic mass is 16.4. The number of nitrogens with one attached hydrogen (secondary N) is 3. The molecule has 7 heteroatoms. The van der Waals surface area contributed by atoms with Crippen LogP contribution < -0.4 is 10.7 Å². The lowest BCUT2D eigenvalue weighted by Crippen LogP contribution is -2.39. The Kier molecular flexibility index (Phi) is 3.51. The fraction of sp³-hybridized carbons (Fsp3) is 0.333. The standard InChI is InChI=1S/C9H14N4O3/c1-5-4-6(7(10-5)8(14)15)11-9(16)12-13(2)3/h4,10H,1-3H3,(H,14,15)(H2,11,12,16). The molecular formula is C9H14N4O3. The smallest absolute Gasteiger partial charge is 0.354 e. The zero-order valence-electron chi connectivity index (χ0n) is 9.29. The normalized spacial score (nSPS) is 10.2. The number of aromatic amines is 1. The number of hydrogen-bond donors (Lipinski definition) is 4. The number of aromatic nitrogens is 1. The highest BCUT2D eigenvalue weighted by molar-refractivity contribution is 5.98. The number of aryl methyl sites for hydroxylation is 1. The van der Waals surface area contributed by atoms with E-state index < -0.39 is 12.0 Å². The molecule has 0 spiro atoms. The lowest BCUT2D eigenvalue weighted by molar-refractivity contribution is 0.0692. The van der Waals surface area contributed by atoms with E-state index in [-0.39, 0.29) is 11.4 Å². The number of hydrogen-bond acceptors (Lipinski definition) is 3. The first-order valence-electron chi connectivity index (χ1n) is 4.58. The minimum Gasteiger partial charge on any atom is -0.477 e. The molecule has 88 valence electrons. The van der Waals surface area contributed by atoms with E-state index in [4.69, 9.17) is 5.11 Å². The highest BCUT2D eigenvalue weighted by Gasteiger charge is 2.15. The minimum absolute atomic E-state index is 0.0357. The lowest BCUT2D eigenvalue weighted by atomic mass is 10.3. The van der Waals surface area contributed by atoms with Gasteiger partial charge in [0.25, 0.3) is 0 Å². The van der Waals surface area contributed by atoms with E-state index in [0.29, 0.717) is 5.69 Å². The van der Waals surface area contributed by atoms with Gasteiger partial charge in [0.15, 0.2) is 0 Å². The summed E-state index contributed by atoms with van der Waals surface area (Å²) in [6.45, 7) is 1.71. The van der Waals surface area contributed by atoms with Crippen molar-refractivity contribution in [1.82, 2.24) is 15.4 Å². The third kappa shape index (κ3) is 2.99. The maximum Gasteiger partial charge on any atom is 0.354 e. The maximum atomic E-state index is 11.3. The summed E-state index contributed by atoms with van der Waals surface area (Å²) in [7, 11) is 3.31. The third-order valence-electron chi connectivity index (χ3n) is 1.74. The molecule has 4 N–H and O–H groups in total. The molecule has 0 aliphatic rings. The van der Waals surface area contributed by atoms with Crippen LogP contribution in [0.3, 0.4) is 0 Å². The number of hydrazine groups is 1. The number of rotatable bonds is 3. The van der Waals surface area contributed by atoms with Crippen molar-refractivity contribution in [2.24, 2.45) is 0 Å². The van der Waals surface area contributed by atoms with Gasteiger partial charge in [-0.25, -0.2) is 14.6 Å². The molecule has 0 aromatic carbocycles. The van der Waals surface area contributed by atoms with Crippen LogP contribution in [0.1, 0.15) is 16.2 Å². The Morgan fingerprint density at radius 2 is 2.06 bits per heavy atom. The summed E-state index contributed by atoms with van der Waals surface area (Å²) in [4.78, 5) is 24.8. The Balaban J connectivity index is 2.80. The van der Waals surface area contributed by atoms with Crippen LogP contribution in [0.25, 0.3) is 0 Å². The molecule has 1 rings (SSSR count). The lowest BCUT2D eigenvalue weighted by Gasteiger charge is -2.12. The van der Waals surface area contributed by atoms with E-state index in [1.54, 1.807) is 27.1 Å². The van der Waals surface area contributed by atoms with E-state index in [2.05, 4.69) is 15.7 Å². The maximum absolute atomic E-state index is 11.3. The predicted octanol–water partition coefficient (Wildman–Crippen LogP) is 0.619. The number of carboxylic acid groups (broad SMARTS) is 1. The minimum atomic E-state index is -1.12. The summed E-state index contributed by atoms with van der Waals surface area (Å²) in [5.74, 6) is -1.12. The zero-order chi connectivity index (χ0) is 12.3. The Morgan fingerprint density at radius 3 is 2.56 bits per heavy atom. The van der Waals surface area contributed by atoms with Crippen LogP contribution in [0.4, 0.5) is 10.5 Å². The molecule has 7 nitrogen and oxygen atoms in total. The van der Waals surface area contributed by atoms with Crippen molar-refractivity contribution < 1.29 is 14.7 Å². The van der Waals surface area contributed by atoms with Gasteiger partial charge in [0.05, 0.1) is 5.69 Å². The second kappa shape index (κ2) is 4.67. The monoisotopic (exact) mass is 226 g/mol. The summed E-state index contributed by atoms with van der Waals surface area (Å²) in [6, 6.07) is 1.06. The molecule has 1 heterocycles. The van der Waals surface area contributed by atoms with Crippen molar-refractivity contribution in [2.75, 3.05) is 19.4 Å². The second-order valence-corrected chi connectivity index (χ2v) is 3.51. The summed E-state index contributed by atoms with van der Waals surface area (Å²) in [5.41, 5.74) is 3.31. The van der Waals surface area contributed by atoms with Gasteiger partial charge in [0.2, 0.25) is 0 Å². The second-order valence-electron chi connectivity index (χ2n) is 3.51. The van der Waals surface area contributed by atoms with Gasteiger partial charge < -0.3 is 15.4 Å². The van der Waals surface area contributed by atoms with E-state index in [0.717, 1.165) is 0 Å². The van der Waals surface area contributed by atoms with Gasteiger partial charge in [-0.3, -0.25) is 5.43 Å². The largest absolute Gasteiger partial charge is 0.477 e. The van der Waals surface area contributed by atoms with E-state index in [1.165, 1.54) is 5.01 Å². The quantitative estimate of drug-likeness (QED) is 0.568. The number of urea groups is 1. The van der Waals surface area contributed by atoms with Gasteiger partial charge in [-0.2, -0.15) is 0 Å². The summed E-state index contributed by atoms with van der Waals surface area (Å²) >= 11 is 0. The summed E-state index contributed by atoms with van der Waals surface area (Å²) in [6.07, 6.45) is 0. The van der Waals surface area contributed by atoms with Crippen molar-refractivity contribution in [3.05, 3.63) is 17.5 Å². The van der Waals surface area contributed by atoms with Gasteiger partial charge >= 0.3 is 12.0 Å². The van der Waals surface area contributed by atoms with Crippen LogP contribution in [-0.2, 0) is 0 Å². The Hall–Kier alpha value is -2.02. The Bertz CT molecular complexity index is 411. The van der Waals surface area contributed by atoms with Crippen molar-refractivity contribution in [3.63, 3.8) is 0 Å². The first-order chi connectivity index (χ1) is 7.40. The molecule has 2 amide bonds. The fourth-order valence-corrected chi connectivity index (χ4v) is 1.21. The van der Waals surface area contributed by atoms with Crippen LogP contribution in [0.15, 0.2) is 6.07 Å². The van der Waals surface area contributed by atoms with Crippen LogP contribution in [0.2, 0.25) is 0 Å². The molecule has 1 aromatic rings. The molecular weight excluding hydrogens is 212 g/mol. The first kappa shape index (κ1) is 12.1. The van der Waals surface area contributed by atoms with E-state index >= 15 is 0 Å². The number of anilines is 1. The molecule has 0 bridgehead atoms. The average Bonchev–Trinajstić information content (AvgIpc) is 2.44. The third-order valence-corrected chi connectivity index (χ3v) is 1.74. The number of carbonyl (C=O) groups is 2. The van der Waals surface area contributed by atoms with Gasteiger partial charge in [-0.15, -0.1) is 0 Å². The van der Waals surface area contributed by atoms with Crippen LogP contribution >= 0.6 is 0 Å². The number of H-pyrrole nitrogens is 1. The molecule has 0 saturated heterocycles. The van der Waals surface area contributed by atoms with Gasteiger partial charge in [0, 0.05) is 19.8 Å². The molecule has 1 aromatic heterocycles. The van der Waals surface area contributed by atoms with Crippen molar-refractivity contribution in [2.45, 2.75) is 6.92 Å². The zero-order valence-corrected chi connectivity index (χ0v) is 9.29. The molecule has 0 unspecified atom stereocenters. The number of nitrogens with zero attached hydrogens (tertiary/aromatic N) is 1. The number of carbonyl (C=O) groups excluding carboxylic acids is 1. The Morgan fingerprint density at radius 1 is 1.44 bits per heavy atom. The summed E-state index contributed by atoms with van der Waals surface area (Å²) in [5, 5.41) is 12.8. The molecule has 0 atom stereocenters. The number of aromatic carboxylic acids is 1. The van der Waals surface area contributed by atoms with Crippen molar-refractivity contribution >= 4 is 17.7 Å². The summed E-state index contributed by atoms with van der Waals surface area (Å²) < 4.78 is 0. The highest BCUT2D eigenvalue weighted by Crippen LogP contribution is 2.16. The average molecular weight is 226 g/mol. The predicted molar refractivity (Wildman–Crippen MR) is 58.3 cm³/mol. The van der Waals surface area contributed by atoms with E-state index in [1.807, 2.05) is 0 Å². The molecule has 0 aliphatic heterocycles. The molecule has 0 saturated carbocycles. The first-order valence-corrected chi connectivity index (χ1v) is 4.58. The van der Waals surface area contributed by atoms with Crippen molar-refractivity contribution in [1.29, 1.82) is 0 Å². The topological polar surface area (TPSA) is 97.5 Å². The number of amides is 2. The van der Waals surface area contributed by atoms with Gasteiger partial charge in [-0.05, 0) is 13.0 Å². The van der Waals surface area contributed by atoms with Crippen LogP contribution in [-0.4, -0.2) is 41.2 Å². The van der Waals surface area contributed by atoms with Crippen molar-refractivity contribution in [3.8, 4) is 0 Å². The van der Waals surface area contributed by atoms with Gasteiger partial charge in [0.1, 0.15) is 5.69 Å². The Labute approximate surface area is 92.4 Å². The molecule has 0 aliphatic carbocycles. The van der Waals surface area contributed by atoms with Gasteiger partial charge in [-0.1, -0.05) is 0 Å². The number of carboxylic acids is 1. The molecule has 16 heavy (non-hydrogen) atoms.